The van der Waals surface area contributed by atoms with E-state index in [1.165, 1.54) is 11.8 Å². The molecule has 0 spiro atoms. The first-order valence-corrected chi connectivity index (χ1v) is 11.1. The molecular formula is C25H20ClN3O2S. The van der Waals surface area contributed by atoms with Crippen molar-refractivity contribution in [2.75, 3.05) is 5.32 Å². The fourth-order valence-electron chi connectivity index (χ4n) is 3.23. The first-order valence-electron chi connectivity index (χ1n) is 9.92. The smallest absolute Gasteiger partial charge is 0.264 e. The Balaban J connectivity index is 1.51. The first-order chi connectivity index (χ1) is 15.4. The number of halogens is 1. The molecule has 0 aliphatic carbocycles. The van der Waals surface area contributed by atoms with E-state index in [1.807, 2.05) is 50.2 Å². The van der Waals surface area contributed by atoms with E-state index in [1.54, 1.807) is 36.4 Å². The van der Waals surface area contributed by atoms with E-state index in [4.69, 9.17) is 11.6 Å². The maximum Gasteiger partial charge on any atom is 0.264 e. The van der Waals surface area contributed by atoms with Gasteiger partial charge in [0.15, 0.2) is 5.17 Å². The molecule has 4 rings (SSSR count). The van der Waals surface area contributed by atoms with Gasteiger partial charge in [-0.05, 0) is 84.8 Å². The van der Waals surface area contributed by atoms with Crippen LogP contribution in [-0.4, -0.2) is 17.0 Å². The highest BCUT2D eigenvalue weighted by atomic mass is 35.5. The van der Waals surface area contributed by atoms with Crippen molar-refractivity contribution < 1.29 is 9.59 Å². The molecule has 32 heavy (non-hydrogen) atoms. The molecular weight excluding hydrogens is 442 g/mol. The Labute approximate surface area is 195 Å². The SMILES string of the molecule is Cc1cccc(C)c1N=C1NC(=O)/C(=C\c2cccc(NC(=O)c3ccc(Cl)cc3)c2)S1. The molecule has 1 aliphatic rings. The summed E-state index contributed by atoms with van der Waals surface area (Å²) in [5.41, 5.74) is 4.90. The van der Waals surface area contributed by atoms with Gasteiger partial charge in [0.05, 0.1) is 10.6 Å². The zero-order chi connectivity index (χ0) is 22.7. The number of thioether (sulfide) groups is 1. The molecule has 160 valence electrons. The molecule has 7 heteroatoms. The van der Waals surface area contributed by atoms with E-state index in [-0.39, 0.29) is 11.8 Å². The van der Waals surface area contributed by atoms with Crippen molar-refractivity contribution in [2.45, 2.75) is 13.8 Å². The van der Waals surface area contributed by atoms with E-state index in [0.29, 0.717) is 26.3 Å². The van der Waals surface area contributed by atoms with Crippen LogP contribution in [0.1, 0.15) is 27.0 Å². The van der Waals surface area contributed by atoms with E-state index in [0.717, 1.165) is 22.4 Å². The van der Waals surface area contributed by atoms with Crippen LogP contribution >= 0.6 is 23.4 Å². The quantitative estimate of drug-likeness (QED) is 0.461. The number of rotatable bonds is 4. The molecule has 1 fully saturated rings. The van der Waals surface area contributed by atoms with E-state index in [9.17, 15) is 9.59 Å². The van der Waals surface area contributed by atoms with Crippen molar-refractivity contribution in [1.82, 2.24) is 5.32 Å². The van der Waals surface area contributed by atoms with Crippen LogP contribution in [0.3, 0.4) is 0 Å². The zero-order valence-corrected chi connectivity index (χ0v) is 19.1. The van der Waals surface area contributed by atoms with Gasteiger partial charge in [-0.25, -0.2) is 4.99 Å². The third kappa shape index (κ3) is 5.10. The lowest BCUT2D eigenvalue weighted by Crippen LogP contribution is -2.19. The Morgan fingerprint density at radius 2 is 1.72 bits per heavy atom. The number of carbonyl (C=O) groups excluding carboxylic acids is 2. The first kappa shape index (κ1) is 21.9. The molecule has 1 saturated heterocycles. The maximum atomic E-state index is 12.5. The number of hydrogen-bond acceptors (Lipinski definition) is 4. The van der Waals surface area contributed by atoms with Gasteiger partial charge in [0.2, 0.25) is 0 Å². The molecule has 0 unspecified atom stereocenters. The number of benzene rings is 3. The summed E-state index contributed by atoms with van der Waals surface area (Å²) in [6.45, 7) is 3.99. The van der Waals surface area contributed by atoms with Crippen molar-refractivity contribution in [3.05, 3.63) is 98.9 Å². The summed E-state index contributed by atoms with van der Waals surface area (Å²) in [6.07, 6.45) is 1.78. The minimum Gasteiger partial charge on any atom is -0.322 e. The molecule has 2 amide bonds. The predicted octanol–water partition coefficient (Wildman–Crippen LogP) is 6.10. The summed E-state index contributed by atoms with van der Waals surface area (Å²) in [7, 11) is 0. The molecule has 0 saturated carbocycles. The van der Waals surface area contributed by atoms with Gasteiger partial charge in [0.1, 0.15) is 0 Å². The average Bonchev–Trinajstić information content (AvgIpc) is 3.10. The maximum absolute atomic E-state index is 12.5. The van der Waals surface area contributed by atoms with Gasteiger partial charge < -0.3 is 10.6 Å². The molecule has 0 aromatic heterocycles. The lowest BCUT2D eigenvalue weighted by atomic mass is 10.1. The molecule has 1 aliphatic heterocycles. The third-order valence-corrected chi connectivity index (χ3v) is 6.01. The van der Waals surface area contributed by atoms with Crippen LogP contribution < -0.4 is 10.6 Å². The lowest BCUT2D eigenvalue weighted by Gasteiger charge is -2.06. The minimum absolute atomic E-state index is 0.199. The number of carbonyl (C=O) groups is 2. The van der Waals surface area contributed by atoms with Crippen LogP contribution in [0.5, 0.6) is 0 Å². The van der Waals surface area contributed by atoms with Gasteiger partial charge >= 0.3 is 0 Å². The summed E-state index contributed by atoms with van der Waals surface area (Å²) in [5.74, 6) is -0.432. The highest BCUT2D eigenvalue weighted by molar-refractivity contribution is 8.18. The zero-order valence-electron chi connectivity index (χ0n) is 17.5. The van der Waals surface area contributed by atoms with Crippen LogP contribution in [0.4, 0.5) is 11.4 Å². The van der Waals surface area contributed by atoms with Crippen molar-refractivity contribution in [2.24, 2.45) is 4.99 Å². The second-order valence-corrected chi connectivity index (χ2v) is 8.78. The predicted molar refractivity (Wildman–Crippen MR) is 133 cm³/mol. The van der Waals surface area contributed by atoms with Crippen LogP contribution in [0.15, 0.2) is 76.6 Å². The number of aliphatic imine (C=N–C) groups is 1. The van der Waals surface area contributed by atoms with E-state index < -0.39 is 0 Å². The summed E-state index contributed by atoms with van der Waals surface area (Å²) in [5, 5.41) is 6.81. The van der Waals surface area contributed by atoms with Crippen molar-refractivity contribution >= 4 is 57.8 Å². The number of amides is 2. The Kier molecular flexibility index (Phi) is 6.44. The fourth-order valence-corrected chi connectivity index (χ4v) is 4.18. The number of aryl methyl sites for hydroxylation is 2. The van der Waals surface area contributed by atoms with Crippen LogP contribution in [0.25, 0.3) is 6.08 Å². The average molecular weight is 462 g/mol. The summed E-state index contributed by atoms with van der Waals surface area (Å²) in [4.78, 5) is 30.1. The highest BCUT2D eigenvalue weighted by Gasteiger charge is 2.24. The number of hydrogen-bond donors (Lipinski definition) is 2. The Bertz CT molecular complexity index is 1250. The van der Waals surface area contributed by atoms with Crippen LogP contribution in [-0.2, 0) is 4.79 Å². The van der Waals surface area contributed by atoms with Gasteiger partial charge in [-0.3, -0.25) is 9.59 Å². The highest BCUT2D eigenvalue weighted by Crippen LogP contribution is 2.31. The summed E-state index contributed by atoms with van der Waals surface area (Å²) in [6, 6.07) is 20.0. The third-order valence-electron chi connectivity index (χ3n) is 4.85. The minimum atomic E-state index is -0.234. The molecule has 0 radical (unpaired) electrons. The van der Waals surface area contributed by atoms with Gasteiger partial charge in [-0.1, -0.05) is 41.9 Å². The van der Waals surface area contributed by atoms with Gasteiger partial charge in [-0.2, -0.15) is 0 Å². The molecule has 1 heterocycles. The lowest BCUT2D eigenvalue weighted by molar-refractivity contribution is -0.115. The summed E-state index contributed by atoms with van der Waals surface area (Å²) < 4.78 is 0. The molecule has 0 atom stereocenters. The second-order valence-electron chi connectivity index (χ2n) is 7.31. The Morgan fingerprint density at radius 3 is 2.44 bits per heavy atom. The van der Waals surface area contributed by atoms with Crippen LogP contribution in [0, 0.1) is 13.8 Å². The summed E-state index contributed by atoms with van der Waals surface area (Å²) >= 11 is 7.17. The standard InChI is InChI=1S/C25H20ClN3O2S/c1-15-5-3-6-16(2)22(15)28-25-29-24(31)21(32-25)14-17-7-4-8-20(13-17)27-23(30)18-9-11-19(26)12-10-18/h3-14H,1-2H3,(H,27,30)(H,28,29,31)/b21-14+. The number of nitrogens with zero attached hydrogens (tertiary/aromatic N) is 1. The fraction of sp³-hybridized carbons (Fsp3) is 0.0800. The number of anilines is 1. The van der Waals surface area contributed by atoms with E-state index in [2.05, 4.69) is 15.6 Å². The van der Waals surface area contributed by atoms with E-state index >= 15 is 0 Å². The molecule has 2 N–H and O–H groups in total. The monoisotopic (exact) mass is 461 g/mol. The molecule has 5 nitrogen and oxygen atoms in total. The van der Waals surface area contributed by atoms with Crippen LogP contribution in [0.2, 0.25) is 5.02 Å². The molecule has 0 bridgehead atoms. The van der Waals surface area contributed by atoms with Crippen molar-refractivity contribution in [3.8, 4) is 0 Å². The molecule has 3 aromatic rings. The number of para-hydroxylation sites is 1. The van der Waals surface area contributed by atoms with Crippen molar-refractivity contribution in [3.63, 3.8) is 0 Å². The van der Waals surface area contributed by atoms with Gasteiger partial charge in [0.25, 0.3) is 11.8 Å². The van der Waals surface area contributed by atoms with Gasteiger partial charge in [0, 0.05) is 16.3 Å². The van der Waals surface area contributed by atoms with Crippen molar-refractivity contribution in [1.29, 1.82) is 0 Å². The Hall–Kier alpha value is -3.35. The number of amidine groups is 1. The number of nitrogens with one attached hydrogen (secondary N) is 2. The normalized spacial score (nSPS) is 15.8. The largest absolute Gasteiger partial charge is 0.322 e. The van der Waals surface area contributed by atoms with Gasteiger partial charge in [-0.15, -0.1) is 0 Å². The molecule has 3 aromatic carbocycles. The second kappa shape index (κ2) is 9.42. The Morgan fingerprint density at radius 1 is 1.03 bits per heavy atom. The topological polar surface area (TPSA) is 70.6 Å².